The highest BCUT2D eigenvalue weighted by Crippen LogP contribution is 2.30. The van der Waals surface area contributed by atoms with E-state index in [1.165, 1.54) is 0 Å². The fraction of sp³-hybridized carbons (Fsp3) is 0.867. The summed E-state index contributed by atoms with van der Waals surface area (Å²) in [6.45, 7) is 11.9. The minimum absolute atomic E-state index is 0.0498. The number of aliphatic carboxylic acids is 1. The van der Waals surface area contributed by atoms with Crippen LogP contribution in [0.15, 0.2) is 0 Å². The van der Waals surface area contributed by atoms with Crippen molar-refractivity contribution in [1.82, 2.24) is 15.1 Å². The number of nitrogens with one attached hydrogen (secondary N) is 1. The summed E-state index contributed by atoms with van der Waals surface area (Å²) >= 11 is 0. The van der Waals surface area contributed by atoms with E-state index in [0.717, 1.165) is 6.54 Å². The summed E-state index contributed by atoms with van der Waals surface area (Å²) in [5.74, 6) is -0.933. The van der Waals surface area contributed by atoms with E-state index in [9.17, 15) is 14.7 Å². The van der Waals surface area contributed by atoms with Crippen molar-refractivity contribution in [2.75, 3.05) is 27.2 Å². The predicted octanol–water partition coefficient (Wildman–Crippen LogP) is 1.86. The summed E-state index contributed by atoms with van der Waals surface area (Å²) in [6, 6.07) is -0.181. The zero-order valence-corrected chi connectivity index (χ0v) is 14.6. The van der Waals surface area contributed by atoms with Gasteiger partial charge in [-0.25, -0.2) is 4.79 Å². The Kier molecular flexibility index (Phi) is 6.67. The first-order valence-electron chi connectivity index (χ1n) is 7.33. The molecular formula is C15H31N3O3. The quantitative estimate of drug-likeness (QED) is 0.753. The molecule has 0 radical (unpaired) electrons. The molecule has 1 unspecified atom stereocenters. The largest absolute Gasteiger partial charge is 0.481 e. The van der Waals surface area contributed by atoms with Crippen LogP contribution in [0.2, 0.25) is 0 Å². The molecule has 0 fully saturated rings. The molecule has 0 heterocycles. The van der Waals surface area contributed by atoms with Gasteiger partial charge in [0.2, 0.25) is 0 Å². The molecule has 0 aliphatic carbocycles. The van der Waals surface area contributed by atoms with Gasteiger partial charge < -0.3 is 20.2 Å². The number of hydrogen-bond donors (Lipinski definition) is 2. The molecule has 6 nitrogen and oxygen atoms in total. The van der Waals surface area contributed by atoms with Gasteiger partial charge in [-0.1, -0.05) is 0 Å². The molecule has 0 saturated heterocycles. The second-order valence-corrected chi connectivity index (χ2v) is 6.88. The van der Waals surface area contributed by atoms with Crippen LogP contribution in [-0.4, -0.2) is 65.7 Å². The predicted molar refractivity (Wildman–Crippen MR) is 84.4 cm³/mol. The summed E-state index contributed by atoms with van der Waals surface area (Å²) in [7, 11) is 3.92. The maximum absolute atomic E-state index is 12.5. The Morgan fingerprint density at radius 3 is 2.00 bits per heavy atom. The number of hydrogen-bond acceptors (Lipinski definition) is 3. The maximum Gasteiger partial charge on any atom is 0.318 e. The molecule has 0 aromatic rings. The molecule has 0 rings (SSSR count). The Morgan fingerprint density at radius 1 is 1.19 bits per heavy atom. The van der Waals surface area contributed by atoms with E-state index in [1.807, 2.05) is 32.8 Å². The van der Waals surface area contributed by atoms with Crippen LogP contribution >= 0.6 is 0 Å². The molecule has 1 atom stereocenters. The Hall–Kier alpha value is -1.30. The molecule has 21 heavy (non-hydrogen) atoms. The molecule has 2 N–H and O–H groups in total. The molecule has 0 aromatic heterocycles. The number of carboxylic acids is 1. The first kappa shape index (κ1) is 19.7. The molecule has 6 heteroatoms. The van der Waals surface area contributed by atoms with Gasteiger partial charge in [0.1, 0.15) is 0 Å². The third-order valence-corrected chi connectivity index (χ3v) is 4.28. The third kappa shape index (κ3) is 4.88. The molecule has 2 amide bonds. The number of carboxylic acid groups (broad SMARTS) is 1. The zero-order chi connectivity index (χ0) is 17.0. The van der Waals surface area contributed by atoms with E-state index in [1.54, 1.807) is 32.6 Å². The van der Waals surface area contributed by atoms with Gasteiger partial charge in [0, 0.05) is 19.1 Å². The second-order valence-electron chi connectivity index (χ2n) is 6.88. The molecule has 0 spiro atoms. The number of likely N-dealkylation sites (N-methyl/N-ethyl adjacent to an activating group) is 2. The van der Waals surface area contributed by atoms with Crippen LogP contribution in [-0.2, 0) is 4.79 Å². The molecular weight excluding hydrogens is 270 g/mol. The van der Waals surface area contributed by atoms with Gasteiger partial charge >= 0.3 is 12.0 Å². The van der Waals surface area contributed by atoms with Crippen LogP contribution in [0, 0.1) is 5.41 Å². The number of rotatable bonds is 7. The average Bonchev–Trinajstić information content (AvgIpc) is 2.27. The van der Waals surface area contributed by atoms with Crippen molar-refractivity contribution in [2.45, 2.75) is 53.1 Å². The second kappa shape index (κ2) is 7.11. The van der Waals surface area contributed by atoms with Gasteiger partial charge in [-0.3, -0.25) is 4.79 Å². The van der Waals surface area contributed by atoms with Crippen molar-refractivity contribution in [2.24, 2.45) is 5.41 Å². The molecule has 0 saturated carbocycles. The smallest absolute Gasteiger partial charge is 0.318 e. The lowest BCUT2D eigenvalue weighted by Crippen LogP contribution is -2.61. The average molecular weight is 301 g/mol. The van der Waals surface area contributed by atoms with Crippen molar-refractivity contribution < 1.29 is 14.7 Å². The molecule has 0 aliphatic rings. The number of nitrogens with zero attached hydrogens (tertiary/aromatic N) is 2. The fourth-order valence-electron chi connectivity index (χ4n) is 2.05. The van der Waals surface area contributed by atoms with E-state index in [-0.39, 0.29) is 12.1 Å². The number of carbonyl (C=O) groups excluding carboxylic acids is 1. The molecule has 0 aliphatic heterocycles. The topological polar surface area (TPSA) is 72.9 Å². The summed E-state index contributed by atoms with van der Waals surface area (Å²) in [5, 5.41) is 12.2. The number of carbonyl (C=O) groups is 2. The summed E-state index contributed by atoms with van der Waals surface area (Å²) in [6.07, 6.45) is 0. The van der Waals surface area contributed by atoms with E-state index in [0.29, 0.717) is 6.54 Å². The highest BCUT2D eigenvalue weighted by atomic mass is 16.4. The fourth-order valence-corrected chi connectivity index (χ4v) is 2.05. The highest BCUT2D eigenvalue weighted by molar-refractivity contribution is 5.79. The lowest BCUT2D eigenvalue weighted by Gasteiger charge is -2.41. The first-order valence-corrected chi connectivity index (χ1v) is 7.33. The van der Waals surface area contributed by atoms with Crippen molar-refractivity contribution in [3.8, 4) is 0 Å². The van der Waals surface area contributed by atoms with Crippen LogP contribution in [0.5, 0.6) is 0 Å². The Morgan fingerprint density at radius 2 is 1.67 bits per heavy atom. The van der Waals surface area contributed by atoms with Crippen molar-refractivity contribution in [3.05, 3.63) is 0 Å². The monoisotopic (exact) mass is 301 g/mol. The summed E-state index contributed by atoms with van der Waals surface area (Å²) in [5.41, 5.74) is -1.92. The Balaban J connectivity index is 5.04. The van der Waals surface area contributed by atoms with Crippen molar-refractivity contribution >= 4 is 12.0 Å². The lowest BCUT2D eigenvalue weighted by molar-refractivity contribution is -0.150. The number of amides is 2. The summed E-state index contributed by atoms with van der Waals surface area (Å²) in [4.78, 5) is 27.6. The zero-order valence-electron chi connectivity index (χ0n) is 14.6. The van der Waals surface area contributed by atoms with Gasteiger partial charge in [-0.05, 0) is 55.6 Å². The van der Waals surface area contributed by atoms with Crippen LogP contribution in [0.1, 0.15) is 41.5 Å². The molecule has 124 valence electrons. The van der Waals surface area contributed by atoms with E-state index < -0.39 is 16.9 Å². The molecule has 0 aromatic carbocycles. The Labute approximate surface area is 128 Å². The van der Waals surface area contributed by atoms with E-state index >= 15 is 0 Å². The lowest BCUT2D eigenvalue weighted by atomic mass is 9.74. The van der Waals surface area contributed by atoms with Crippen LogP contribution in [0.3, 0.4) is 0 Å². The van der Waals surface area contributed by atoms with Gasteiger partial charge in [0.25, 0.3) is 0 Å². The normalized spacial score (nSPS) is 14.0. The van der Waals surface area contributed by atoms with Crippen LogP contribution < -0.4 is 5.32 Å². The van der Waals surface area contributed by atoms with Gasteiger partial charge in [-0.15, -0.1) is 0 Å². The van der Waals surface area contributed by atoms with Crippen LogP contribution in [0.4, 0.5) is 4.79 Å². The van der Waals surface area contributed by atoms with Crippen molar-refractivity contribution in [1.29, 1.82) is 0 Å². The van der Waals surface area contributed by atoms with Crippen molar-refractivity contribution in [3.63, 3.8) is 0 Å². The van der Waals surface area contributed by atoms with E-state index in [2.05, 4.69) is 5.32 Å². The van der Waals surface area contributed by atoms with Crippen LogP contribution in [0.25, 0.3) is 0 Å². The highest BCUT2D eigenvalue weighted by Gasteiger charge is 2.45. The Bertz CT molecular complexity index is 378. The number of urea groups is 1. The third-order valence-electron chi connectivity index (χ3n) is 4.28. The minimum Gasteiger partial charge on any atom is -0.481 e. The summed E-state index contributed by atoms with van der Waals surface area (Å²) < 4.78 is 0. The SMILES string of the molecule is CCN(C(=O)NC(C)(C)C(C)(C)C(=O)O)C(C)CN(C)C. The van der Waals surface area contributed by atoms with E-state index in [4.69, 9.17) is 0 Å². The first-order chi connectivity index (χ1) is 9.36. The van der Waals surface area contributed by atoms with Gasteiger partial charge in [-0.2, -0.15) is 0 Å². The standard InChI is InChI=1S/C15H31N3O3/c1-9-18(11(2)10-17(7)8)13(21)16-15(5,6)14(3,4)12(19)20/h11H,9-10H2,1-8H3,(H,16,21)(H,19,20). The van der Waals surface area contributed by atoms with Gasteiger partial charge in [0.15, 0.2) is 0 Å². The maximum atomic E-state index is 12.5. The molecule has 0 bridgehead atoms. The van der Waals surface area contributed by atoms with Gasteiger partial charge in [0.05, 0.1) is 11.0 Å². The minimum atomic E-state index is -1.06.